The molecular formula is C22H37OS+. The SMILES string of the molecule is CC.CCC[S+](C)C(C)(C)C(=O)c1ccc(C2CCCCC2)cc1. The average Bonchev–Trinajstić information content (AvgIpc) is 2.64. The van der Waals surface area contributed by atoms with Gasteiger partial charge in [0.2, 0.25) is 5.78 Å². The van der Waals surface area contributed by atoms with Gasteiger partial charge in [0.05, 0.1) is 6.26 Å². The lowest BCUT2D eigenvalue weighted by molar-refractivity contribution is 0.0956. The van der Waals surface area contributed by atoms with E-state index in [-0.39, 0.29) is 15.6 Å². The van der Waals surface area contributed by atoms with E-state index in [1.54, 1.807) is 0 Å². The Morgan fingerprint density at radius 1 is 1.08 bits per heavy atom. The normalized spacial score (nSPS) is 16.9. The van der Waals surface area contributed by atoms with Gasteiger partial charge < -0.3 is 0 Å². The van der Waals surface area contributed by atoms with Crippen LogP contribution in [0.3, 0.4) is 0 Å². The second-order valence-corrected chi connectivity index (χ2v) is 9.84. The van der Waals surface area contributed by atoms with E-state index in [9.17, 15) is 4.79 Å². The number of Topliss-reactive ketones (excluding diaryl/α,β-unsaturated/α-hetero) is 1. The largest absolute Gasteiger partial charge is 0.288 e. The minimum Gasteiger partial charge on any atom is -0.288 e. The zero-order valence-corrected chi connectivity index (χ0v) is 17.5. The zero-order chi connectivity index (χ0) is 18.2. The van der Waals surface area contributed by atoms with Crippen molar-refractivity contribution in [3.05, 3.63) is 35.4 Å². The van der Waals surface area contributed by atoms with Gasteiger partial charge in [0, 0.05) is 5.56 Å². The molecule has 24 heavy (non-hydrogen) atoms. The highest BCUT2D eigenvalue weighted by Gasteiger charge is 2.42. The summed E-state index contributed by atoms with van der Waals surface area (Å²) < 4.78 is -0.248. The Labute approximate surface area is 153 Å². The van der Waals surface area contributed by atoms with Crippen LogP contribution >= 0.6 is 0 Å². The molecule has 0 aromatic heterocycles. The van der Waals surface area contributed by atoms with E-state index >= 15 is 0 Å². The topological polar surface area (TPSA) is 17.1 Å². The third-order valence-electron chi connectivity index (χ3n) is 5.18. The van der Waals surface area contributed by atoms with Crippen molar-refractivity contribution in [2.75, 3.05) is 12.0 Å². The monoisotopic (exact) mass is 349 g/mol. The summed E-state index contributed by atoms with van der Waals surface area (Å²) in [6.45, 7) is 10.4. The fraction of sp³-hybridized carbons (Fsp3) is 0.682. The van der Waals surface area contributed by atoms with Crippen LogP contribution in [-0.2, 0) is 10.9 Å². The molecule has 2 rings (SSSR count). The molecule has 1 aliphatic carbocycles. The van der Waals surface area contributed by atoms with Crippen LogP contribution in [0.15, 0.2) is 24.3 Å². The van der Waals surface area contributed by atoms with Crippen LogP contribution in [0.4, 0.5) is 0 Å². The van der Waals surface area contributed by atoms with Gasteiger partial charge in [-0.05, 0) is 55.5 Å². The summed E-state index contributed by atoms with van der Waals surface area (Å²) in [5.74, 6) is 2.16. The predicted octanol–water partition coefficient (Wildman–Crippen LogP) is 6.38. The van der Waals surface area contributed by atoms with Crippen molar-refractivity contribution in [2.45, 2.75) is 83.8 Å². The number of benzene rings is 1. The standard InChI is InChI=1S/C20H31OS.C2H6/c1-5-15-22(4)20(2,3)19(21)18-13-11-17(12-14-18)16-9-7-6-8-10-16;1-2/h11-14,16H,5-10,15H2,1-4H3;1-2H3/q+1;. The third kappa shape index (κ3) is 5.37. The minimum absolute atomic E-state index is 0.130. The number of carbonyl (C=O) groups excluding carboxylic acids is 1. The maximum atomic E-state index is 12.9. The molecule has 1 aliphatic rings. The Hall–Kier alpha value is -0.760. The van der Waals surface area contributed by atoms with E-state index in [1.807, 2.05) is 13.8 Å². The minimum atomic E-state index is -0.248. The third-order valence-corrected chi connectivity index (χ3v) is 8.13. The lowest BCUT2D eigenvalue weighted by Crippen LogP contribution is -2.41. The van der Waals surface area contributed by atoms with E-state index in [0.717, 1.165) is 17.7 Å². The molecular weight excluding hydrogens is 312 g/mol. The highest BCUT2D eigenvalue weighted by atomic mass is 32.2. The predicted molar refractivity (Wildman–Crippen MR) is 110 cm³/mol. The first kappa shape index (κ1) is 21.3. The quantitative estimate of drug-likeness (QED) is 0.430. The van der Waals surface area contributed by atoms with Crippen molar-refractivity contribution in [1.29, 1.82) is 0 Å². The number of rotatable bonds is 6. The van der Waals surface area contributed by atoms with E-state index < -0.39 is 0 Å². The van der Waals surface area contributed by atoms with Crippen molar-refractivity contribution in [3.63, 3.8) is 0 Å². The first-order valence-electron chi connectivity index (χ1n) is 9.74. The number of carbonyl (C=O) groups is 1. The Balaban J connectivity index is 0.00000139. The summed E-state index contributed by atoms with van der Waals surface area (Å²) in [7, 11) is 0.130. The van der Waals surface area contributed by atoms with E-state index in [2.05, 4.69) is 51.3 Å². The molecule has 0 N–H and O–H groups in total. The van der Waals surface area contributed by atoms with Crippen LogP contribution in [0.2, 0.25) is 0 Å². The molecule has 1 unspecified atom stereocenters. The van der Waals surface area contributed by atoms with Gasteiger partial charge in [0.25, 0.3) is 0 Å². The van der Waals surface area contributed by atoms with Gasteiger partial charge in [-0.15, -0.1) is 0 Å². The Morgan fingerprint density at radius 2 is 1.62 bits per heavy atom. The van der Waals surface area contributed by atoms with Crippen LogP contribution in [0.5, 0.6) is 0 Å². The fourth-order valence-electron chi connectivity index (χ4n) is 3.41. The number of hydrogen-bond acceptors (Lipinski definition) is 1. The molecule has 1 aromatic carbocycles. The van der Waals surface area contributed by atoms with Gasteiger partial charge in [0.15, 0.2) is 4.75 Å². The first-order valence-corrected chi connectivity index (χ1v) is 11.5. The summed E-state index contributed by atoms with van der Waals surface area (Å²) in [4.78, 5) is 12.9. The van der Waals surface area contributed by atoms with Gasteiger partial charge in [-0.1, -0.05) is 64.3 Å². The highest BCUT2D eigenvalue weighted by molar-refractivity contribution is 7.98. The van der Waals surface area contributed by atoms with Crippen LogP contribution in [0.1, 0.15) is 95.0 Å². The van der Waals surface area contributed by atoms with Crippen LogP contribution in [0, 0.1) is 0 Å². The summed E-state index contributed by atoms with van der Waals surface area (Å²) in [6.07, 6.45) is 10.1. The van der Waals surface area contributed by atoms with E-state index in [0.29, 0.717) is 11.7 Å². The summed E-state index contributed by atoms with van der Waals surface area (Å²) in [6, 6.07) is 8.54. The average molecular weight is 350 g/mol. The van der Waals surface area contributed by atoms with Crippen molar-refractivity contribution in [3.8, 4) is 0 Å². The highest BCUT2D eigenvalue weighted by Crippen LogP contribution is 2.33. The molecule has 136 valence electrons. The maximum Gasteiger partial charge on any atom is 0.217 e. The molecule has 0 bridgehead atoms. The summed E-state index contributed by atoms with van der Waals surface area (Å²) >= 11 is 0. The van der Waals surface area contributed by atoms with Gasteiger partial charge >= 0.3 is 0 Å². The van der Waals surface area contributed by atoms with Gasteiger partial charge in [-0.25, -0.2) is 0 Å². The van der Waals surface area contributed by atoms with Crippen molar-refractivity contribution in [1.82, 2.24) is 0 Å². The zero-order valence-electron chi connectivity index (χ0n) is 16.7. The second kappa shape index (κ2) is 10.3. The number of ketones is 1. The van der Waals surface area contributed by atoms with E-state index in [1.165, 1.54) is 37.7 Å². The molecule has 1 aromatic rings. The molecule has 0 radical (unpaired) electrons. The molecule has 1 nitrogen and oxygen atoms in total. The molecule has 0 spiro atoms. The summed E-state index contributed by atoms with van der Waals surface area (Å²) in [5, 5.41) is 0. The molecule has 0 saturated heterocycles. The van der Waals surface area contributed by atoms with Crippen molar-refractivity contribution >= 4 is 16.7 Å². The van der Waals surface area contributed by atoms with Gasteiger partial charge in [-0.2, -0.15) is 0 Å². The van der Waals surface area contributed by atoms with E-state index in [4.69, 9.17) is 0 Å². The molecule has 1 atom stereocenters. The van der Waals surface area contributed by atoms with Gasteiger partial charge in [0.1, 0.15) is 5.75 Å². The lowest BCUT2D eigenvalue weighted by Gasteiger charge is -2.24. The van der Waals surface area contributed by atoms with Crippen LogP contribution in [-0.4, -0.2) is 22.5 Å². The fourth-order valence-corrected chi connectivity index (χ4v) is 4.97. The van der Waals surface area contributed by atoms with Crippen molar-refractivity contribution < 1.29 is 4.79 Å². The smallest absolute Gasteiger partial charge is 0.217 e. The molecule has 0 aliphatic heterocycles. The Morgan fingerprint density at radius 3 is 2.12 bits per heavy atom. The molecule has 2 heteroatoms. The molecule has 1 saturated carbocycles. The maximum absolute atomic E-state index is 12.9. The molecule has 1 fully saturated rings. The van der Waals surface area contributed by atoms with Gasteiger partial charge in [-0.3, -0.25) is 4.79 Å². The first-order chi connectivity index (χ1) is 11.5. The number of hydrogen-bond donors (Lipinski definition) is 0. The van der Waals surface area contributed by atoms with Crippen LogP contribution in [0.25, 0.3) is 0 Å². The second-order valence-electron chi connectivity index (χ2n) is 7.14. The lowest BCUT2D eigenvalue weighted by atomic mass is 9.83. The Bertz CT molecular complexity index is 483. The Kier molecular flexibility index (Phi) is 9.12. The summed E-state index contributed by atoms with van der Waals surface area (Å²) in [5.41, 5.74) is 2.32. The molecule has 0 amide bonds. The molecule has 0 heterocycles. The van der Waals surface area contributed by atoms with Crippen LogP contribution < -0.4 is 0 Å². The van der Waals surface area contributed by atoms with Crippen molar-refractivity contribution in [2.24, 2.45) is 0 Å².